The number of carbonyl (C=O) groups excluding carboxylic acids is 1. The van der Waals surface area contributed by atoms with E-state index in [1.54, 1.807) is 0 Å². The molecule has 1 spiro atoms. The Labute approximate surface area is 184 Å². The van der Waals surface area contributed by atoms with Crippen molar-refractivity contribution in [3.8, 4) is 0 Å². The van der Waals surface area contributed by atoms with E-state index in [-0.39, 0.29) is 5.60 Å². The van der Waals surface area contributed by atoms with Gasteiger partial charge in [-0.15, -0.1) is 0 Å². The average Bonchev–Trinajstić information content (AvgIpc) is 3.06. The molecule has 2 saturated heterocycles. The number of alkyl halides is 3. The zero-order valence-electron chi connectivity index (χ0n) is 18.1. The standard InChI is InChI=1S/C20H28N2O3.C2HF3O2/c1-15-4-2-7-18(21-15)12-24-10-8-17-9-11-25-20(17)13-22(14-20)19(23)16-5-3-6-16;3-2(4,5)1(6)7/h2,4,7,16-17H,3,5-6,8-14H2,1H3;(H,6,7). The lowest BCUT2D eigenvalue weighted by atomic mass is 9.77. The van der Waals surface area contributed by atoms with Crippen LogP contribution in [-0.4, -0.2) is 64.9 Å². The van der Waals surface area contributed by atoms with Crippen molar-refractivity contribution in [3.05, 3.63) is 29.6 Å². The van der Waals surface area contributed by atoms with E-state index in [1.165, 1.54) is 6.42 Å². The van der Waals surface area contributed by atoms with Gasteiger partial charge < -0.3 is 19.5 Å². The molecule has 1 unspecified atom stereocenters. The number of carbonyl (C=O) groups is 2. The van der Waals surface area contributed by atoms with Crippen LogP contribution in [0.5, 0.6) is 0 Å². The van der Waals surface area contributed by atoms with E-state index in [0.717, 1.165) is 63.4 Å². The summed E-state index contributed by atoms with van der Waals surface area (Å²) in [7, 11) is 0. The van der Waals surface area contributed by atoms with E-state index in [1.807, 2.05) is 30.0 Å². The Balaban J connectivity index is 0.000000360. The fourth-order valence-electron chi connectivity index (χ4n) is 4.29. The van der Waals surface area contributed by atoms with E-state index in [4.69, 9.17) is 19.4 Å². The third kappa shape index (κ3) is 5.98. The van der Waals surface area contributed by atoms with Crippen LogP contribution in [0, 0.1) is 18.8 Å². The molecule has 1 aromatic rings. The first-order valence-electron chi connectivity index (χ1n) is 10.8. The number of aryl methyl sites for hydroxylation is 1. The minimum atomic E-state index is -5.08. The predicted octanol–water partition coefficient (Wildman–Crippen LogP) is 3.35. The molecule has 1 amide bonds. The Hall–Kier alpha value is -2.20. The van der Waals surface area contributed by atoms with Crippen molar-refractivity contribution in [2.24, 2.45) is 11.8 Å². The van der Waals surface area contributed by atoms with E-state index >= 15 is 0 Å². The molecule has 4 rings (SSSR count). The Bertz CT molecular complexity index is 807. The molecule has 2 aliphatic heterocycles. The van der Waals surface area contributed by atoms with Crippen molar-refractivity contribution in [1.29, 1.82) is 0 Å². The van der Waals surface area contributed by atoms with Gasteiger partial charge in [-0.3, -0.25) is 9.78 Å². The van der Waals surface area contributed by atoms with Gasteiger partial charge in [0.1, 0.15) is 5.60 Å². The van der Waals surface area contributed by atoms with Gasteiger partial charge in [0.15, 0.2) is 0 Å². The minimum Gasteiger partial charge on any atom is -0.475 e. The summed E-state index contributed by atoms with van der Waals surface area (Å²) < 4.78 is 43.6. The highest BCUT2D eigenvalue weighted by molar-refractivity contribution is 5.80. The van der Waals surface area contributed by atoms with E-state index in [2.05, 4.69) is 4.98 Å². The number of amides is 1. The second kappa shape index (κ2) is 10.2. The molecule has 0 radical (unpaired) electrons. The summed E-state index contributed by atoms with van der Waals surface area (Å²) in [4.78, 5) is 27.7. The summed E-state index contributed by atoms with van der Waals surface area (Å²) in [5.74, 6) is -1.61. The molecular weight excluding hydrogens is 429 g/mol. The van der Waals surface area contributed by atoms with Crippen LogP contribution in [-0.2, 0) is 25.7 Å². The largest absolute Gasteiger partial charge is 0.490 e. The zero-order valence-corrected chi connectivity index (χ0v) is 18.1. The van der Waals surface area contributed by atoms with Crippen molar-refractivity contribution < 1.29 is 37.3 Å². The van der Waals surface area contributed by atoms with Crippen LogP contribution in [0.2, 0.25) is 0 Å². The smallest absolute Gasteiger partial charge is 0.475 e. The van der Waals surface area contributed by atoms with E-state index in [0.29, 0.717) is 24.3 Å². The molecule has 32 heavy (non-hydrogen) atoms. The van der Waals surface area contributed by atoms with Gasteiger partial charge in [-0.25, -0.2) is 4.79 Å². The maximum absolute atomic E-state index is 12.3. The Kier molecular flexibility index (Phi) is 7.76. The number of aromatic nitrogens is 1. The lowest BCUT2D eigenvalue weighted by Gasteiger charge is -2.51. The molecule has 0 bridgehead atoms. The van der Waals surface area contributed by atoms with Crippen LogP contribution >= 0.6 is 0 Å². The molecule has 3 aliphatic rings. The highest BCUT2D eigenvalue weighted by Gasteiger charge is 2.54. The number of nitrogens with zero attached hydrogens (tertiary/aromatic N) is 2. The maximum atomic E-state index is 12.3. The predicted molar refractivity (Wildman–Crippen MR) is 108 cm³/mol. The van der Waals surface area contributed by atoms with Crippen LogP contribution in [0.25, 0.3) is 0 Å². The molecule has 1 N–H and O–H groups in total. The lowest BCUT2D eigenvalue weighted by molar-refractivity contribution is -0.192. The molecular formula is C22H29F3N2O5. The highest BCUT2D eigenvalue weighted by Crippen LogP contribution is 2.43. The number of ether oxygens (including phenoxy) is 2. The average molecular weight is 458 g/mol. The molecule has 1 aromatic heterocycles. The first-order valence-corrected chi connectivity index (χ1v) is 10.8. The van der Waals surface area contributed by atoms with Crippen LogP contribution in [0.1, 0.15) is 43.5 Å². The minimum absolute atomic E-state index is 0.0929. The summed E-state index contributed by atoms with van der Waals surface area (Å²) >= 11 is 0. The number of carboxylic acid groups (broad SMARTS) is 1. The Morgan fingerprint density at radius 3 is 2.53 bits per heavy atom. The van der Waals surface area contributed by atoms with Crippen molar-refractivity contribution in [2.75, 3.05) is 26.3 Å². The SMILES string of the molecule is Cc1cccc(COCCC2CCOC23CN(C(=O)C2CCC2)C3)n1.O=C(O)C(F)(F)F. The lowest BCUT2D eigenvalue weighted by Crippen LogP contribution is -2.67. The zero-order chi connectivity index (χ0) is 23.4. The molecule has 0 aromatic carbocycles. The van der Waals surface area contributed by atoms with Gasteiger partial charge in [0.2, 0.25) is 5.91 Å². The van der Waals surface area contributed by atoms with Gasteiger partial charge in [-0.05, 0) is 50.7 Å². The normalized spacial score (nSPS) is 22.0. The van der Waals surface area contributed by atoms with Crippen molar-refractivity contribution in [2.45, 2.75) is 57.4 Å². The van der Waals surface area contributed by atoms with Gasteiger partial charge in [-0.1, -0.05) is 12.5 Å². The molecule has 10 heteroatoms. The number of aliphatic carboxylic acids is 1. The number of rotatable bonds is 6. The Morgan fingerprint density at radius 2 is 1.97 bits per heavy atom. The quantitative estimate of drug-likeness (QED) is 0.658. The summed E-state index contributed by atoms with van der Waals surface area (Å²) in [5, 5.41) is 7.12. The fraction of sp³-hybridized carbons (Fsp3) is 0.682. The summed E-state index contributed by atoms with van der Waals surface area (Å²) in [6, 6.07) is 6.02. The molecule has 178 valence electrons. The van der Waals surface area contributed by atoms with Crippen LogP contribution in [0.4, 0.5) is 13.2 Å². The fourth-order valence-corrected chi connectivity index (χ4v) is 4.29. The van der Waals surface area contributed by atoms with Crippen molar-refractivity contribution >= 4 is 11.9 Å². The monoisotopic (exact) mass is 458 g/mol. The number of pyridine rings is 1. The first kappa shape index (κ1) is 24.4. The molecule has 1 aliphatic carbocycles. The number of hydrogen-bond acceptors (Lipinski definition) is 5. The summed E-state index contributed by atoms with van der Waals surface area (Å²) in [6.45, 7) is 5.67. The maximum Gasteiger partial charge on any atom is 0.490 e. The van der Waals surface area contributed by atoms with Gasteiger partial charge >= 0.3 is 12.1 Å². The van der Waals surface area contributed by atoms with E-state index in [9.17, 15) is 18.0 Å². The Morgan fingerprint density at radius 1 is 1.28 bits per heavy atom. The number of likely N-dealkylation sites (tertiary alicyclic amines) is 1. The molecule has 3 heterocycles. The van der Waals surface area contributed by atoms with Gasteiger partial charge in [-0.2, -0.15) is 13.2 Å². The van der Waals surface area contributed by atoms with E-state index < -0.39 is 12.1 Å². The van der Waals surface area contributed by atoms with Crippen LogP contribution in [0.3, 0.4) is 0 Å². The number of hydrogen-bond donors (Lipinski definition) is 1. The molecule has 3 fully saturated rings. The summed E-state index contributed by atoms with van der Waals surface area (Å²) in [6.07, 6.45) is 0.358. The third-order valence-corrected chi connectivity index (χ3v) is 6.33. The first-order chi connectivity index (χ1) is 15.1. The van der Waals surface area contributed by atoms with Gasteiger partial charge in [0.05, 0.1) is 25.4 Å². The number of halogens is 3. The van der Waals surface area contributed by atoms with Crippen LogP contribution < -0.4 is 0 Å². The van der Waals surface area contributed by atoms with Crippen molar-refractivity contribution in [3.63, 3.8) is 0 Å². The number of carboxylic acids is 1. The molecule has 1 saturated carbocycles. The highest BCUT2D eigenvalue weighted by atomic mass is 19.4. The van der Waals surface area contributed by atoms with Crippen molar-refractivity contribution in [1.82, 2.24) is 9.88 Å². The van der Waals surface area contributed by atoms with Gasteiger partial charge in [0, 0.05) is 24.8 Å². The van der Waals surface area contributed by atoms with Gasteiger partial charge in [0.25, 0.3) is 0 Å². The third-order valence-electron chi connectivity index (χ3n) is 6.33. The summed E-state index contributed by atoms with van der Waals surface area (Å²) in [5.41, 5.74) is 1.91. The van der Waals surface area contributed by atoms with Crippen LogP contribution in [0.15, 0.2) is 18.2 Å². The second-order valence-corrected chi connectivity index (χ2v) is 8.64. The molecule has 1 atom stereocenters. The second-order valence-electron chi connectivity index (χ2n) is 8.64. The molecule has 7 nitrogen and oxygen atoms in total. The topological polar surface area (TPSA) is 89.0 Å².